The number of aromatic nitrogens is 2. The highest BCUT2D eigenvalue weighted by Gasteiger charge is 2.21. The van der Waals surface area contributed by atoms with E-state index in [1.54, 1.807) is 7.11 Å². The molecule has 0 aromatic carbocycles. The Morgan fingerprint density at radius 3 is 2.29 bits per heavy atom. The number of methoxy groups -OCH3 is 1. The second kappa shape index (κ2) is 5.18. The lowest BCUT2D eigenvalue weighted by atomic mass is 9.96. The number of ether oxygens (including phenoxy) is 2. The molecule has 1 heterocycles. The topological polar surface area (TPSA) is 96.3 Å². The van der Waals surface area contributed by atoms with E-state index in [4.69, 9.17) is 20.9 Å². The zero-order chi connectivity index (χ0) is 13.1. The van der Waals surface area contributed by atoms with Gasteiger partial charge in [0.25, 0.3) is 0 Å². The molecule has 0 aliphatic heterocycles. The van der Waals surface area contributed by atoms with Crippen molar-refractivity contribution in [2.45, 2.75) is 26.2 Å². The third-order valence-electron chi connectivity index (χ3n) is 2.14. The molecule has 1 aromatic rings. The first-order valence-electron chi connectivity index (χ1n) is 5.41. The van der Waals surface area contributed by atoms with Crippen molar-refractivity contribution >= 4 is 11.5 Å². The largest absolute Gasteiger partial charge is 0.474 e. The molecule has 0 spiro atoms. The smallest absolute Gasteiger partial charge is 0.242 e. The Balaban J connectivity index is 2.99. The van der Waals surface area contributed by atoms with Gasteiger partial charge in [-0.05, 0) is 0 Å². The Morgan fingerprint density at radius 1 is 1.12 bits per heavy atom. The fourth-order valence-electron chi connectivity index (χ4n) is 1.13. The predicted octanol–water partition coefficient (Wildman–Crippen LogP) is 0.964. The first kappa shape index (κ1) is 13.5. The van der Waals surface area contributed by atoms with Crippen LogP contribution in [0, 0.1) is 0 Å². The number of hydrogen-bond acceptors (Lipinski definition) is 6. The Labute approximate surface area is 101 Å². The average Bonchev–Trinajstić information content (AvgIpc) is 2.22. The van der Waals surface area contributed by atoms with Gasteiger partial charge < -0.3 is 20.9 Å². The lowest BCUT2D eigenvalue weighted by Crippen LogP contribution is -2.19. The number of nitrogen functional groups attached to an aromatic ring is 2. The molecule has 0 bridgehead atoms. The molecule has 0 radical (unpaired) electrons. The molecule has 6 heteroatoms. The van der Waals surface area contributed by atoms with Gasteiger partial charge in [-0.3, -0.25) is 0 Å². The van der Waals surface area contributed by atoms with Crippen molar-refractivity contribution in [1.29, 1.82) is 0 Å². The number of rotatable bonds is 4. The van der Waals surface area contributed by atoms with Crippen LogP contribution in [-0.2, 0) is 10.2 Å². The predicted molar refractivity (Wildman–Crippen MR) is 66.9 cm³/mol. The average molecular weight is 240 g/mol. The van der Waals surface area contributed by atoms with Crippen LogP contribution >= 0.6 is 0 Å². The van der Waals surface area contributed by atoms with E-state index in [1.807, 2.05) is 20.8 Å². The van der Waals surface area contributed by atoms with Crippen molar-refractivity contribution in [2.24, 2.45) is 0 Å². The molecule has 96 valence electrons. The van der Waals surface area contributed by atoms with Gasteiger partial charge in [-0.15, -0.1) is 0 Å². The van der Waals surface area contributed by atoms with Crippen molar-refractivity contribution < 1.29 is 9.47 Å². The highest BCUT2D eigenvalue weighted by atomic mass is 16.5. The number of anilines is 2. The van der Waals surface area contributed by atoms with Gasteiger partial charge in [0, 0.05) is 12.5 Å². The minimum Gasteiger partial charge on any atom is -0.474 e. The van der Waals surface area contributed by atoms with Gasteiger partial charge in [-0.1, -0.05) is 20.8 Å². The summed E-state index contributed by atoms with van der Waals surface area (Å²) in [6.45, 7) is 6.83. The monoisotopic (exact) mass is 240 g/mol. The van der Waals surface area contributed by atoms with Crippen LogP contribution in [0.1, 0.15) is 26.6 Å². The van der Waals surface area contributed by atoms with E-state index in [1.165, 1.54) is 0 Å². The van der Waals surface area contributed by atoms with Crippen molar-refractivity contribution in [1.82, 2.24) is 9.97 Å². The summed E-state index contributed by atoms with van der Waals surface area (Å²) in [5, 5.41) is 0. The molecule has 4 N–H and O–H groups in total. The molecule has 0 aliphatic carbocycles. The van der Waals surface area contributed by atoms with Crippen LogP contribution in [-0.4, -0.2) is 30.3 Å². The van der Waals surface area contributed by atoms with Gasteiger partial charge in [0.15, 0.2) is 5.82 Å². The highest BCUT2D eigenvalue weighted by Crippen LogP contribution is 2.28. The first-order chi connectivity index (χ1) is 7.86. The number of hydrogen-bond donors (Lipinski definition) is 2. The van der Waals surface area contributed by atoms with Crippen LogP contribution < -0.4 is 16.2 Å². The second-order valence-electron chi connectivity index (χ2n) is 4.74. The van der Waals surface area contributed by atoms with Gasteiger partial charge in [0.1, 0.15) is 18.1 Å². The van der Waals surface area contributed by atoms with Crippen LogP contribution in [0.25, 0.3) is 0 Å². The number of nitrogens with two attached hydrogens (primary N) is 2. The summed E-state index contributed by atoms with van der Waals surface area (Å²) in [5.41, 5.74) is 11.6. The van der Waals surface area contributed by atoms with Gasteiger partial charge in [0.2, 0.25) is 5.88 Å². The van der Waals surface area contributed by atoms with Crippen LogP contribution in [0.2, 0.25) is 0 Å². The fourth-order valence-corrected chi connectivity index (χ4v) is 1.13. The Hall–Kier alpha value is -1.56. The lowest BCUT2D eigenvalue weighted by Gasteiger charge is -2.19. The zero-order valence-electron chi connectivity index (χ0n) is 10.8. The maximum absolute atomic E-state index is 5.76. The standard InChI is InChI=1S/C11H20N4O2/c1-11(2,3)10-14-8(13)7(12)9(15-10)17-6-5-16-4/h5-6,12H2,1-4H3,(H2,13,14,15). The lowest BCUT2D eigenvalue weighted by molar-refractivity contribution is 0.144. The molecular weight excluding hydrogens is 220 g/mol. The fraction of sp³-hybridized carbons (Fsp3) is 0.636. The second-order valence-corrected chi connectivity index (χ2v) is 4.74. The Morgan fingerprint density at radius 2 is 1.76 bits per heavy atom. The summed E-state index contributed by atoms with van der Waals surface area (Å²) < 4.78 is 10.3. The molecule has 17 heavy (non-hydrogen) atoms. The van der Waals surface area contributed by atoms with E-state index in [9.17, 15) is 0 Å². The molecule has 0 fully saturated rings. The van der Waals surface area contributed by atoms with E-state index in [0.29, 0.717) is 24.9 Å². The van der Waals surface area contributed by atoms with E-state index in [2.05, 4.69) is 9.97 Å². The maximum atomic E-state index is 5.76. The summed E-state index contributed by atoms with van der Waals surface area (Å²) >= 11 is 0. The summed E-state index contributed by atoms with van der Waals surface area (Å²) in [7, 11) is 1.60. The first-order valence-corrected chi connectivity index (χ1v) is 5.41. The molecule has 1 rings (SSSR count). The van der Waals surface area contributed by atoms with Gasteiger partial charge in [-0.2, -0.15) is 4.98 Å². The summed E-state index contributed by atoms with van der Waals surface area (Å²) in [4.78, 5) is 8.45. The summed E-state index contributed by atoms with van der Waals surface area (Å²) in [6, 6.07) is 0. The van der Waals surface area contributed by atoms with Gasteiger partial charge in [0.05, 0.1) is 6.61 Å². The number of nitrogens with zero attached hydrogens (tertiary/aromatic N) is 2. The molecule has 0 aliphatic rings. The minimum absolute atomic E-state index is 0.207. The normalized spacial score (nSPS) is 11.5. The van der Waals surface area contributed by atoms with Crippen molar-refractivity contribution in [3.63, 3.8) is 0 Å². The Kier molecular flexibility index (Phi) is 4.11. The molecule has 6 nitrogen and oxygen atoms in total. The minimum atomic E-state index is -0.207. The molecule has 0 unspecified atom stereocenters. The summed E-state index contributed by atoms with van der Waals surface area (Å²) in [5.74, 6) is 1.17. The van der Waals surface area contributed by atoms with Crippen LogP contribution in [0.4, 0.5) is 11.5 Å². The summed E-state index contributed by atoms with van der Waals surface area (Å²) in [6.07, 6.45) is 0. The molecule has 0 saturated carbocycles. The van der Waals surface area contributed by atoms with E-state index in [0.717, 1.165) is 0 Å². The molecule has 0 atom stereocenters. The van der Waals surface area contributed by atoms with E-state index < -0.39 is 0 Å². The third kappa shape index (κ3) is 3.45. The Bertz CT molecular complexity index is 388. The van der Waals surface area contributed by atoms with Crippen molar-refractivity contribution in [2.75, 3.05) is 31.8 Å². The molecule has 0 amide bonds. The van der Waals surface area contributed by atoms with Gasteiger partial charge >= 0.3 is 0 Å². The quantitative estimate of drug-likeness (QED) is 0.761. The van der Waals surface area contributed by atoms with Crippen LogP contribution in [0.3, 0.4) is 0 Å². The molecular formula is C11H20N4O2. The maximum Gasteiger partial charge on any atom is 0.242 e. The van der Waals surface area contributed by atoms with Crippen LogP contribution in [0.15, 0.2) is 0 Å². The zero-order valence-corrected chi connectivity index (χ0v) is 10.8. The van der Waals surface area contributed by atoms with E-state index >= 15 is 0 Å². The molecule has 0 saturated heterocycles. The van der Waals surface area contributed by atoms with E-state index in [-0.39, 0.29) is 16.9 Å². The van der Waals surface area contributed by atoms with Crippen molar-refractivity contribution in [3.8, 4) is 5.88 Å². The van der Waals surface area contributed by atoms with Crippen molar-refractivity contribution in [3.05, 3.63) is 5.82 Å². The SMILES string of the molecule is COCCOc1nc(C(C)(C)C)nc(N)c1N. The van der Waals surface area contributed by atoms with Crippen LogP contribution in [0.5, 0.6) is 5.88 Å². The highest BCUT2D eigenvalue weighted by molar-refractivity contribution is 5.64. The van der Waals surface area contributed by atoms with Gasteiger partial charge in [-0.25, -0.2) is 4.98 Å². The molecule has 1 aromatic heterocycles. The third-order valence-corrected chi connectivity index (χ3v) is 2.14.